The zero-order chi connectivity index (χ0) is 17.6. The number of carbonyl (C=O) groups is 1. The molecule has 0 amide bonds. The van der Waals surface area contributed by atoms with Crippen molar-refractivity contribution in [2.24, 2.45) is 0 Å². The summed E-state index contributed by atoms with van der Waals surface area (Å²) in [6.07, 6.45) is 0.191. The van der Waals surface area contributed by atoms with Gasteiger partial charge in [0.05, 0.1) is 19.3 Å². The van der Waals surface area contributed by atoms with E-state index >= 15 is 0 Å². The SMILES string of the molecule is COC(=O)[C@]1(O)C[C@@H](O)[C@H]2O[C@@]3(OC)CCCC[C@]3(OC)O[C@@H]2C1. The fraction of sp³-hybridized carbons (Fsp3) is 0.938. The molecule has 8 nitrogen and oxygen atoms in total. The van der Waals surface area contributed by atoms with Gasteiger partial charge in [-0.2, -0.15) is 0 Å². The van der Waals surface area contributed by atoms with Crippen molar-refractivity contribution in [2.75, 3.05) is 21.3 Å². The Kier molecular flexibility index (Phi) is 4.65. The topological polar surface area (TPSA) is 104 Å². The van der Waals surface area contributed by atoms with Gasteiger partial charge in [-0.1, -0.05) is 0 Å². The van der Waals surface area contributed by atoms with Crippen LogP contribution in [-0.4, -0.2) is 73.0 Å². The van der Waals surface area contributed by atoms with Gasteiger partial charge in [0, 0.05) is 39.9 Å². The predicted molar refractivity (Wildman–Crippen MR) is 79.9 cm³/mol. The number of esters is 1. The summed E-state index contributed by atoms with van der Waals surface area (Å²) >= 11 is 0. The molecule has 3 fully saturated rings. The summed E-state index contributed by atoms with van der Waals surface area (Å²) in [6.45, 7) is 0. The minimum atomic E-state index is -1.81. The largest absolute Gasteiger partial charge is 0.467 e. The first-order valence-corrected chi connectivity index (χ1v) is 8.30. The summed E-state index contributed by atoms with van der Waals surface area (Å²) in [7, 11) is 4.25. The molecule has 1 aliphatic heterocycles. The van der Waals surface area contributed by atoms with Crippen molar-refractivity contribution < 1.29 is 38.7 Å². The lowest BCUT2D eigenvalue weighted by Crippen LogP contribution is -2.73. The van der Waals surface area contributed by atoms with Crippen LogP contribution in [0.3, 0.4) is 0 Å². The Morgan fingerprint density at radius 2 is 1.62 bits per heavy atom. The number of hydrogen-bond acceptors (Lipinski definition) is 8. The lowest BCUT2D eigenvalue weighted by atomic mass is 9.76. The monoisotopic (exact) mass is 346 g/mol. The van der Waals surface area contributed by atoms with Crippen LogP contribution in [0.4, 0.5) is 0 Å². The normalized spacial score (nSPS) is 48.3. The number of carbonyl (C=O) groups excluding carboxylic acids is 1. The first kappa shape index (κ1) is 18.0. The molecule has 0 bridgehead atoms. The van der Waals surface area contributed by atoms with E-state index in [9.17, 15) is 15.0 Å². The van der Waals surface area contributed by atoms with Gasteiger partial charge in [0.2, 0.25) is 11.6 Å². The van der Waals surface area contributed by atoms with Crippen LogP contribution in [0.25, 0.3) is 0 Å². The van der Waals surface area contributed by atoms with Gasteiger partial charge >= 0.3 is 5.97 Å². The molecule has 2 saturated carbocycles. The minimum Gasteiger partial charge on any atom is -0.467 e. The van der Waals surface area contributed by atoms with Crippen LogP contribution in [0.15, 0.2) is 0 Å². The van der Waals surface area contributed by atoms with E-state index in [-0.39, 0.29) is 12.8 Å². The maximum atomic E-state index is 11.9. The fourth-order valence-corrected chi connectivity index (χ4v) is 4.33. The van der Waals surface area contributed by atoms with Crippen LogP contribution < -0.4 is 0 Å². The standard InChI is InChI=1S/C16H26O8/c1-20-13(18)14(19)8-10(17)12-11(9-14)23-15(21-2)6-4-5-7-16(15,22-3)24-12/h10-12,17,19H,4-9H2,1-3H3/t10-,11-,12-,14+,15+,16+/m1/s1. The highest BCUT2D eigenvalue weighted by atomic mass is 16.8. The molecule has 0 aromatic rings. The van der Waals surface area contributed by atoms with E-state index in [1.807, 2.05) is 0 Å². The fourth-order valence-electron chi connectivity index (χ4n) is 4.33. The number of methoxy groups -OCH3 is 3. The molecule has 1 saturated heterocycles. The molecule has 0 aromatic heterocycles. The quantitative estimate of drug-likeness (QED) is 0.693. The molecule has 8 heteroatoms. The molecule has 3 aliphatic rings. The van der Waals surface area contributed by atoms with Crippen LogP contribution >= 0.6 is 0 Å². The van der Waals surface area contributed by atoms with Crippen molar-refractivity contribution >= 4 is 5.97 Å². The summed E-state index contributed by atoms with van der Waals surface area (Å²) in [5, 5.41) is 21.1. The molecule has 6 atom stereocenters. The number of hydrogen-bond donors (Lipinski definition) is 2. The smallest absolute Gasteiger partial charge is 0.338 e. The lowest BCUT2D eigenvalue weighted by molar-refractivity contribution is -0.480. The zero-order valence-electron chi connectivity index (χ0n) is 14.3. The van der Waals surface area contributed by atoms with Crippen LogP contribution in [0.1, 0.15) is 38.5 Å². The Hall–Kier alpha value is -0.770. The average Bonchev–Trinajstić information content (AvgIpc) is 2.59. The van der Waals surface area contributed by atoms with E-state index in [4.69, 9.17) is 18.9 Å². The van der Waals surface area contributed by atoms with Crippen molar-refractivity contribution in [2.45, 2.75) is 74.0 Å². The van der Waals surface area contributed by atoms with Crippen molar-refractivity contribution in [3.63, 3.8) is 0 Å². The average molecular weight is 346 g/mol. The highest BCUT2D eigenvalue weighted by molar-refractivity contribution is 5.79. The van der Waals surface area contributed by atoms with Gasteiger partial charge in [0.25, 0.3) is 0 Å². The van der Waals surface area contributed by atoms with E-state index in [1.54, 1.807) is 0 Å². The third-order valence-corrected chi connectivity index (χ3v) is 5.57. The molecule has 0 spiro atoms. The molecule has 2 aliphatic carbocycles. The van der Waals surface area contributed by atoms with E-state index in [2.05, 4.69) is 4.74 Å². The Labute approximate surface area is 141 Å². The summed E-state index contributed by atoms with van der Waals surface area (Å²) in [5.41, 5.74) is -1.81. The summed E-state index contributed by atoms with van der Waals surface area (Å²) in [5.74, 6) is -3.03. The second-order valence-corrected chi connectivity index (χ2v) is 6.86. The summed E-state index contributed by atoms with van der Waals surface area (Å²) in [6, 6.07) is 0. The van der Waals surface area contributed by atoms with Crippen LogP contribution in [-0.2, 0) is 28.5 Å². The van der Waals surface area contributed by atoms with E-state index in [0.29, 0.717) is 12.8 Å². The van der Waals surface area contributed by atoms with Gasteiger partial charge in [-0.25, -0.2) is 4.79 Å². The van der Waals surface area contributed by atoms with Gasteiger partial charge in [0.15, 0.2) is 5.60 Å². The van der Waals surface area contributed by atoms with E-state index in [1.165, 1.54) is 21.3 Å². The molecule has 138 valence electrons. The van der Waals surface area contributed by atoms with Gasteiger partial charge in [-0.05, 0) is 12.8 Å². The maximum absolute atomic E-state index is 11.9. The first-order chi connectivity index (χ1) is 11.4. The Morgan fingerprint density at radius 1 is 1.04 bits per heavy atom. The molecule has 24 heavy (non-hydrogen) atoms. The Morgan fingerprint density at radius 3 is 2.17 bits per heavy atom. The van der Waals surface area contributed by atoms with Gasteiger partial charge in [-0.3, -0.25) is 0 Å². The highest BCUT2D eigenvalue weighted by Crippen LogP contribution is 2.51. The number of aliphatic hydroxyl groups is 2. The number of aliphatic hydroxyl groups excluding tert-OH is 1. The summed E-state index contributed by atoms with van der Waals surface area (Å²) in [4.78, 5) is 11.9. The molecule has 2 N–H and O–H groups in total. The number of fused-ring (bicyclic) bond motifs is 2. The van der Waals surface area contributed by atoms with Crippen LogP contribution in [0.2, 0.25) is 0 Å². The highest BCUT2D eigenvalue weighted by Gasteiger charge is 2.66. The molecule has 0 aromatic carbocycles. The van der Waals surface area contributed by atoms with Crippen molar-refractivity contribution in [1.82, 2.24) is 0 Å². The molecule has 3 rings (SSSR count). The lowest BCUT2D eigenvalue weighted by Gasteiger charge is -2.59. The minimum absolute atomic E-state index is 0.0354. The molecule has 1 heterocycles. The second kappa shape index (κ2) is 6.19. The Bertz CT molecular complexity index is 498. The Balaban J connectivity index is 1.92. The molecule has 0 unspecified atom stereocenters. The molecular formula is C16H26O8. The maximum Gasteiger partial charge on any atom is 0.338 e. The molecule has 0 radical (unpaired) electrons. The van der Waals surface area contributed by atoms with Crippen LogP contribution in [0, 0.1) is 0 Å². The third-order valence-electron chi connectivity index (χ3n) is 5.57. The third kappa shape index (κ3) is 2.48. The van der Waals surface area contributed by atoms with Crippen molar-refractivity contribution in [1.29, 1.82) is 0 Å². The number of ether oxygens (including phenoxy) is 5. The van der Waals surface area contributed by atoms with Crippen molar-refractivity contribution in [3.8, 4) is 0 Å². The van der Waals surface area contributed by atoms with E-state index in [0.717, 1.165) is 12.8 Å². The van der Waals surface area contributed by atoms with Gasteiger partial charge < -0.3 is 33.9 Å². The second-order valence-electron chi connectivity index (χ2n) is 6.86. The van der Waals surface area contributed by atoms with Gasteiger partial charge in [-0.15, -0.1) is 0 Å². The van der Waals surface area contributed by atoms with Gasteiger partial charge in [0.1, 0.15) is 6.10 Å². The first-order valence-electron chi connectivity index (χ1n) is 8.30. The summed E-state index contributed by atoms with van der Waals surface area (Å²) < 4.78 is 28.3. The molecular weight excluding hydrogens is 320 g/mol. The zero-order valence-corrected chi connectivity index (χ0v) is 14.3. The van der Waals surface area contributed by atoms with Crippen LogP contribution in [0.5, 0.6) is 0 Å². The van der Waals surface area contributed by atoms with Crippen molar-refractivity contribution in [3.05, 3.63) is 0 Å². The number of rotatable bonds is 3. The predicted octanol–water partition coefficient (Wildman–Crippen LogP) is 0.0886. The van der Waals surface area contributed by atoms with E-state index < -0.39 is 41.5 Å².